The van der Waals surface area contributed by atoms with Gasteiger partial charge in [-0.1, -0.05) is 51.1 Å². The summed E-state index contributed by atoms with van der Waals surface area (Å²) in [6.45, 7) is 8.64. The van der Waals surface area contributed by atoms with Crippen molar-refractivity contribution in [3.05, 3.63) is 41.6 Å². The van der Waals surface area contributed by atoms with Crippen LogP contribution in [-0.4, -0.2) is 19.8 Å². The van der Waals surface area contributed by atoms with Gasteiger partial charge in [0.15, 0.2) is 11.5 Å². The molecule has 4 heteroatoms. The first-order valence-electron chi connectivity index (χ1n) is 6.48. The van der Waals surface area contributed by atoms with Gasteiger partial charge in [0.1, 0.15) is 0 Å². The highest BCUT2D eigenvalue weighted by atomic mass is 15.5. The molecule has 0 amide bonds. The SMILES string of the molecule is Cc1c(C(C)(C)C)[nH]n2nc(-c3ccccc3)nc12. The van der Waals surface area contributed by atoms with Crippen molar-refractivity contribution in [1.82, 2.24) is 19.8 Å². The van der Waals surface area contributed by atoms with Gasteiger partial charge in [0.2, 0.25) is 0 Å². The number of benzene rings is 1. The number of H-pyrrole nitrogens is 1. The van der Waals surface area contributed by atoms with Gasteiger partial charge in [-0.3, -0.25) is 5.10 Å². The standard InChI is InChI=1S/C15H18N4/c1-10-12(15(2,3)4)17-19-14(10)16-13(18-19)11-8-6-5-7-9-11/h5-9,17H,1-4H3. The summed E-state index contributed by atoms with van der Waals surface area (Å²) in [5, 5.41) is 7.86. The highest BCUT2D eigenvalue weighted by Crippen LogP contribution is 2.27. The van der Waals surface area contributed by atoms with Crippen LogP contribution >= 0.6 is 0 Å². The number of fused-ring (bicyclic) bond motifs is 1. The fraction of sp³-hybridized carbons (Fsp3) is 0.333. The van der Waals surface area contributed by atoms with Crippen molar-refractivity contribution in [2.75, 3.05) is 0 Å². The van der Waals surface area contributed by atoms with Crippen LogP contribution in [0, 0.1) is 6.92 Å². The molecule has 0 spiro atoms. The van der Waals surface area contributed by atoms with Crippen LogP contribution in [0.25, 0.3) is 17.0 Å². The molecule has 3 rings (SSSR count). The minimum atomic E-state index is 0.0688. The van der Waals surface area contributed by atoms with E-state index in [9.17, 15) is 0 Å². The molecule has 0 saturated heterocycles. The Hall–Kier alpha value is -2.10. The fourth-order valence-electron chi connectivity index (χ4n) is 2.37. The molecule has 0 atom stereocenters. The van der Waals surface area contributed by atoms with E-state index in [-0.39, 0.29) is 5.41 Å². The van der Waals surface area contributed by atoms with Gasteiger partial charge in [-0.2, -0.15) is 4.63 Å². The summed E-state index contributed by atoms with van der Waals surface area (Å²) in [4.78, 5) is 4.64. The largest absolute Gasteiger partial charge is 0.280 e. The van der Waals surface area contributed by atoms with E-state index in [2.05, 4.69) is 42.9 Å². The number of nitrogens with zero attached hydrogens (tertiary/aromatic N) is 3. The molecular weight excluding hydrogens is 236 g/mol. The Morgan fingerprint density at radius 1 is 1.11 bits per heavy atom. The molecule has 98 valence electrons. The number of aromatic amines is 1. The monoisotopic (exact) mass is 254 g/mol. The molecule has 1 aromatic carbocycles. The Morgan fingerprint density at radius 3 is 2.37 bits per heavy atom. The van der Waals surface area contributed by atoms with Crippen LogP contribution < -0.4 is 0 Å². The highest BCUT2D eigenvalue weighted by Gasteiger charge is 2.22. The van der Waals surface area contributed by atoms with Crippen molar-refractivity contribution in [3.63, 3.8) is 0 Å². The average Bonchev–Trinajstić information content (AvgIpc) is 2.90. The van der Waals surface area contributed by atoms with Crippen LogP contribution in [0.1, 0.15) is 32.0 Å². The second-order valence-corrected chi connectivity index (χ2v) is 5.90. The van der Waals surface area contributed by atoms with Crippen LogP contribution in [-0.2, 0) is 5.41 Å². The summed E-state index contributed by atoms with van der Waals surface area (Å²) in [7, 11) is 0. The van der Waals surface area contributed by atoms with E-state index in [4.69, 9.17) is 0 Å². The Morgan fingerprint density at radius 2 is 1.79 bits per heavy atom. The van der Waals surface area contributed by atoms with Gasteiger partial charge in [0.05, 0.1) is 0 Å². The zero-order chi connectivity index (χ0) is 13.6. The summed E-state index contributed by atoms with van der Waals surface area (Å²) in [5.41, 5.74) is 4.36. The van der Waals surface area contributed by atoms with E-state index < -0.39 is 0 Å². The lowest BCUT2D eigenvalue weighted by Gasteiger charge is -2.16. The highest BCUT2D eigenvalue weighted by molar-refractivity contribution is 5.60. The summed E-state index contributed by atoms with van der Waals surface area (Å²) in [5.74, 6) is 0.760. The van der Waals surface area contributed by atoms with Crippen molar-refractivity contribution in [1.29, 1.82) is 0 Å². The molecule has 0 bridgehead atoms. The minimum absolute atomic E-state index is 0.0688. The van der Waals surface area contributed by atoms with Crippen molar-refractivity contribution in [2.24, 2.45) is 0 Å². The van der Waals surface area contributed by atoms with E-state index in [0.717, 1.165) is 17.0 Å². The van der Waals surface area contributed by atoms with Gasteiger partial charge >= 0.3 is 0 Å². The van der Waals surface area contributed by atoms with Crippen molar-refractivity contribution >= 4 is 5.65 Å². The first-order valence-corrected chi connectivity index (χ1v) is 6.48. The van der Waals surface area contributed by atoms with Crippen LogP contribution in [0.3, 0.4) is 0 Å². The third-order valence-corrected chi connectivity index (χ3v) is 3.32. The Labute approximate surface area is 112 Å². The Kier molecular flexibility index (Phi) is 2.49. The van der Waals surface area contributed by atoms with Crippen molar-refractivity contribution in [3.8, 4) is 11.4 Å². The predicted octanol–water partition coefficient (Wildman–Crippen LogP) is 3.33. The summed E-state index contributed by atoms with van der Waals surface area (Å²) in [6.07, 6.45) is 0. The van der Waals surface area contributed by atoms with Crippen LogP contribution in [0.15, 0.2) is 30.3 Å². The third kappa shape index (κ3) is 1.93. The molecule has 0 fully saturated rings. The van der Waals surface area contributed by atoms with E-state index in [1.165, 1.54) is 11.3 Å². The summed E-state index contributed by atoms with van der Waals surface area (Å²) < 4.78 is 1.78. The second kappa shape index (κ2) is 3.95. The van der Waals surface area contributed by atoms with Crippen molar-refractivity contribution in [2.45, 2.75) is 33.1 Å². The quantitative estimate of drug-likeness (QED) is 0.724. The zero-order valence-electron chi connectivity index (χ0n) is 11.7. The van der Waals surface area contributed by atoms with Gasteiger partial charge in [-0.15, -0.1) is 5.10 Å². The Balaban J connectivity index is 2.15. The number of rotatable bonds is 1. The molecule has 4 nitrogen and oxygen atoms in total. The molecule has 0 unspecified atom stereocenters. The molecule has 0 radical (unpaired) electrons. The van der Waals surface area contributed by atoms with Gasteiger partial charge in [-0.25, -0.2) is 4.98 Å². The smallest absolute Gasteiger partial charge is 0.183 e. The summed E-state index contributed by atoms with van der Waals surface area (Å²) >= 11 is 0. The fourth-order valence-corrected chi connectivity index (χ4v) is 2.37. The van der Waals surface area contributed by atoms with Crippen LogP contribution in [0.4, 0.5) is 0 Å². The van der Waals surface area contributed by atoms with Gasteiger partial charge < -0.3 is 0 Å². The molecule has 19 heavy (non-hydrogen) atoms. The second-order valence-electron chi connectivity index (χ2n) is 5.90. The molecule has 2 aromatic heterocycles. The maximum absolute atomic E-state index is 4.64. The molecule has 0 aliphatic carbocycles. The lowest BCUT2D eigenvalue weighted by atomic mass is 9.90. The molecule has 0 aliphatic rings. The van der Waals surface area contributed by atoms with E-state index in [0.29, 0.717) is 0 Å². The Bertz CT molecular complexity index is 714. The topological polar surface area (TPSA) is 46.0 Å². The van der Waals surface area contributed by atoms with E-state index in [1.807, 2.05) is 30.3 Å². The summed E-state index contributed by atoms with van der Waals surface area (Å²) in [6, 6.07) is 10.0. The van der Waals surface area contributed by atoms with Crippen LogP contribution in [0.5, 0.6) is 0 Å². The molecule has 3 aromatic rings. The van der Waals surface area contributed by atoms with E-state index >= 15 is 0 Å². The normalized spacial score (nSPS) is 12.2. The minimum Gasteiger partial charge on any atom is -0.280 e. The number of aromatic nitrogens is 4. The molecule has 2 heterocycles. The molecule has 1 N–H and O–H groups in total. The maximum atomic E-state index is 4.64. The predicted molar refractivity (Wildman–Crippen MR) is 76.2 cm³/mol. The number of aryl methyl sites for hydroxylation is 1. The maximum Gasteiger partial charge on any atom is 0.183 e. The molecule has 0 saturated carbocycles. The average molecular weight is 254 g/mol. The molecule has 0 aliphatic heterocycles. The number of nitrogens with one attached hydrogen (secondary N) is 1. The zero-order valence-corrected chi connectivity index (χ0v) is 11.7. The van der Waals surface area contributed by atoms with Gasteiger partial charge in [0, 0.05) is 22.2 Å². The first-order chi connectivity index (χ1) is 8.97. The lowest BCUT2D eigenvalue weighted by Crippen LogP contribution is -2.13. The number of hydrogen-bond donors (Lipinski definition) is 1. The van der Waals surface area contributed by atoms with Crippen molar-refractivity contribution < 1.29 is 0 Å². The van der Waals surface area contributed by atoms with E-state index in [1.54, 1.807) is 4.63 Å². The lowest BCUT2D eigenvalue weighted by molar-refractivity contribution is 0.554. The molecular formula is C15H18N4. The van der Waals surface area contributed by atoms with Crippen LogP contribution in [0.2, 0.25) is 0 Å². The third-order valence-electron chi connectivity index (χ3n) is 3.32. The first kappa shape index (κ1) is 12.0. The van der Waals surface area contributed by atoms with Gasteiger partial charge in [0.25, 0.3) is 0 Å². The van der Waals surface area contributed by atoms with Gasteiger partial charge in [-0.05, 0) is 6.92 Å². The number of hydrogen-bond acceptors (Lipinski definition) is 2.